The standard InChI is InChI=1S/C30H40N4O6Si/c1-30(2,3)41(5,6)40-26-13-10-14-34(29(37)39-19-21-11-8-7-9-12-21)25(26)16-23(35)18-33-20-32-24-15-22(28(36)38-4)17-31-27(24)33/h7-9,11-12,15,17,20,25-26H,10,13-14,16,18-19H2,1-6H3/t25-,26+/m1/s1. The Morgan fingerprint density at radius 3 is 2.51 bits per heavy atom. The molecule has 0 spiro atoms. The zero-order chi connectivity index (χ0) is 29.8. The number of amides is 1. The predicted octanol–water partition coefficient (Wildman–Crippen LogP) is 5.37. The van der Waals surface area contributed by atoms with Crippen molar-refractivity contribution >= 4 is 37.3 Å². The van der Waals surface area contributed by atoms with Crippen LogP contribution in [0, 0.1) is 0 Å². The van der Waals surface area contributed by atoms with Crippen LogP contribution in [0.2, 0.25) is 18.1 Å². The first-order chi connectivity index (χ1) is 19.4. The van der Waals surface area contributed by atoms with E-state index in [2.05, 4.69) is 43.8 Å². The molecule has 2 atom stereocenters. The molecule has 1 aliphatic heterocycles. The molecule has 10 nitrogen and oxygen atoms in total. The van der Waals surface area contributed by atoms with E-state index in [0.717, 1.165) is 18.4 Å². The molecule has 0 N–H and O–H groups in total. The van der Waals surface area contributed by atoms with Crippen LogP contribution in [-0.2, 0) is 31.8 Å². The molecule has 41 heavy (non-hydrogen) atoms. The Morgan fingerprint density at radius 1 is 1.10 bits per heavy atom. The average molecular weight is 581 g/mol. The van der Waals surface area contributed by atoms with Crippen molar-refractivity contribution < 1.29 is 28.3 Å². The topological polar surface area (TPSA) is 113 Å². The van der Waals surface area contributed by atoms with Gasteiger partial charge in [0.1, 0.15) is 12.1 Å². The number of pyridine rings is 1. The van der Waals surface area contributed by atoms with Crippen molar-refractivity contribution in [3.63, 3.8) is 0 Å². The average Bonchev–Trinajstić information content (AvgIpc) is 3.33. The number of imidazole rings is 1. The molecular weight excluding hydrogens is 540 g/mol. The number of piperidine rings is 1. The van der Waals surface area contributed by atoms with E-state index < -0.39 is 26.4 Å². The van der Waals surface area contributed by atoms with Gasteiger partial charge < -0.3 is 23.4 Å². The van der Waals surface area contributed by atoms with Gasteiger partial charge in [0.2, 0.25) is 0 Å². The van der Waals surface area contributed by atoms with Gasteiger partial charge in [-0.05, 0) is 42.6 Å². The van der Waals surface area contributed by atoms with Gasteiger partial charge in [0.05, 0.1) is 37.7 Å². The Kier molecular flexibility index (Phi) is 9.28. The van der Waals surface area contributed by atoms with E-state index in [9.17, 15) is 14.4 Å². The minimum atomic E-state index is -2.19. The highest BCUT2D eigenvalue weighted by molar-refractivity contribution is 6.74. The van der Waals surface area contributed by atoms with Crippen LogP contribution in [0.15, 0.2) is 48.9 Å². The molecule has 1 fully saturated rings. The zero-order valence-corrected chi connectivity index (χ0v) is 25.8. The SMILES string of the molecule is COC(=O)c1cnc2c(c1)ncn2CC(=O)C[C@@H]1[C@@H](O[Si](C)(C)C(C)(C)C)CCCN1C(=O)OCc1ccccc1. The number of benzene rings is 1. The predicted molar refractivity (Wildman–Crippen MR) is 157 cm³/mol. The number of rotatable bonds is 9. The van der Waals surface area contributed by atoms with Crippen LogP contribution in [0.4, 0.5) is 4.79 Å². The monoisotopic (exact) mass is 580 g/mol. The van der Waals surface area contributed by atoms with Crippen molar-refractivity contribution in [3.8, 4) is 0 Å². The van der Waals surface area contributed by atoms with Crippen molar-refractivity contribution in [3.05, 3.63) is 60.0 Å². The fourth-order valence-electron chi connectivity index (χ4n) is 4.77. The Labute approximate surface area is 242 Å². The second-order valence-electron chi connectivity index (χ2n) is 12.0. The van der Waals surface area contributed by atoms with E-state index >= 15 is 0 Å². The maximum atomic E-state index is 13.5. The molecule has 3 heterocycles. The van der Waals surface area contributed by atoms with Crippen LogP contribution in [0.1, 0.15) is 56.0 Å². The van der Waals surface area contributed by atoms with Gasteiger partial charge in [-0.15, -0.1) is 0 Å². The number of aromatic nitrogens is 3. The zero-order valence-electron chi connectivity index (χ0n) is 24.8. The van der Waals surface area contributed by atoms with Crippen molar-refractivity contribution in [2.45, 2.75) is 83.5 Å². The fourth-order valence-corrected chi connectivity index (χ4v) is 6.15. The number of ketones is 1. The summed E-state index contributed by atoms with van der Waals surface area (Å²) in [6, 6.07) is 10.7. The first-order valence-electron chi connectivity index (χ1n) is 14.0. The smallest absolute Gasteiger partial charge is 0.410 e. The second-order valence-corrected chi connectivity index (χ2v) is 16.8. The molecule has 0 bridgehead atoms. The maximum absolute atomic E-state index is 13.5. The number of ether oxygens (including phenoxy) is 2. The van der Waals surface area contributed by atoms with E-state index in [4.69, 9.17) is 13.9 Å². The Bertz CT molecular complexity index is 1380. The Hall–Kier alpha value is -3.57. The summed E-state index contributed by atoms with van der Waals surface area (Å²) in [6.07, 6.45) is 3.86. The molecular formula is C30H40N4O6Si. The minimum Gasteiger partial charge on any atom is -0.465 e. The van der Waals surface area contributed by atoms with Crippen molar-refractivity contribution in [2.75, 3.05) is 13.7 Å². The number of carbonyl (C=O) groups excluding carboxylic acids is 3. The molecule has 1 aromatic carbocycles. The van der Waals surface area contributed by atoms with Gasteiger partial charge in [0, 0.05) is 19.2 Å². The lowest BCUT2D eigenvalue weighted by atomic mass is 9.95. The third-order valence-electron chi connectivity index (χ3n) is 8.07. The first-order valence-corrected chi connectivity index (χ1v) is 16.9. The molecule has 1 aliphatic rings. The molecule has 0 aliphatic carbocycles. The maximum Gasteiger partial charge on any atom is 0.410 e. The molecule has 0 radical (unpaired) electrons. The molecule has 2 aromatic heterocycles. The number of methoxy groups -OCH3 is 1. The van der Waals surface area contributed by atoms with Crippen LogP contribution >= 0.6 is 0 Å². The van der Waals surface area contributed by atoms with Crippen molar-refractivity contribution in [1.82, 2.24) is 19.4 Å². The number of hydrogen-bond donors (Lipinski definition) is 0. The molecule has 220 valence electrons. The van der Waals surface area contributed by atoms with Gasteiger partial charge in [-0.25, -0.2) is 19.6 Å². The third kappa shape index (κ3) is 7.20. The molecule has 1 saturated heterocycles. The minimum absolute atomic E-state index is 0.0251. The van der Waals surface area contributed by atoms with Gasteiger partial charge in [-0.1, -0.05) is 51.1 Å². The van der Waals surface area contributed by atoms with Gasteiger partial charge in [0.25, 0.3) is 0 Å². The number of esters is 1. The summed E-state index contributed by atoms with van der Waals surface area (Å²) in [5.74, 6) is -0.589. The number of likely N-dealkylation sites (tertiary alicyclic amines) is 1. The van der Waals surface area contributed by atoms with Gasteiger partial charge in [-0.3, -0.25) is 4.79 Å². The van der Waals surface area contributed by atoms with Gasteiger partial charge >= 0.3 is 12.1 Å². The quantitative estimate of drug-likeness (QED) is 0.245. The largest absolute Gasteiger partial charge is 0.465 e. The number of hydrogen-bond acceptors (Lipinski definition) is 8. The van der Waals surface area contributed by atoms with E-state index in [0.29, 0.717) is 17.7 Å². The summed E-state index contributed by atoms with van der Waals surface area (Å²) in [5, 5.41) is -0.0257. The number of fused-ring (bicyclic) bond motifs is 1. The van der Waals surface area contributed by atoms with Crippen LogP contribution < -0.4 is 0 Å². The molecule has 11 heteroatoms. The highest BCUT2D eigenvalue weighted by Gasteiger charge is 2.44. The third-order valence-corrected chi connectivity index (χ3v) is 12.6. The normalized spacial score (nSPS) is 17.9. The summed E-state index contributed by atoms with van der Waals surface area (Å²) in [5.41, 5.74) is 2.16. The van der Waals surface area contributed by atoms with Gasteiger partial charge in [-0.2, -0.15) is 0 Å². The fraction of sp³-hybridized carbons (Fsp3) is 0.500. The first kappa shape index (κ1) is 30.4. The number of carbonyl (C=O) groups is 3. The van der Waals surface area contributed by atoms with E-state index in [1.165, 1.54) is 19.6 Å². The summed E-state index contributed by atoms with van der Waals surface area (Å²) >= 11 is 0. The van der Waals surface area contributed by atoms with Gasteiger partial charge in [0.15, 0.2) is 19.7 Å². The second kappa shape index (κ2) is 12.5. The molecule has 4 rings (SSSR count). The lowest BCUT2D eigenvalue weighted by molar-refractivity contribution is -0.122. The van der Waals surface area contributed by atoms with E-state index in [1.54, 1.807) is 15.5 Å². The molecule has 1 amide bonds. The highest BCUT2D eigenvalue weighted by atomic mass is 28.4. The lowest BCUT2D eigenvalue weighted by Crippen LogP contribution is -2.56. The summed E-state index contributed by atoms with van der Waals surface area (Å²) < 4.78 is 18.9. The van der Waals surface area contributed by atoms with Crippen molar-refractivity contribution in [2.24, 2.45) is 0 Å². The summed E-state index contributed by atoms with van der Waals surface area (Å²) in [7, 11) is -0.888. The summed E-state index contributed by atoms with van der Waals surface area (Å²) in [4.78, 5) is 49.1. The van der Waals surface area contributed by atoms with Crippen molar-refractivity contribution in [1.29, 1.82) is 0 Å². The Balaban J connectivity index is 1.54. The lowest BCUT2D eigenvalue weighted by Gasteiger charge is -2.46. The van der Waals surface area contributed by atoms with Crippen LogP contribution in [0.25, 0.3) is 11.2 Å². The molecule has 0 unspecified atom stereocenters. The van der Waals surface area contributed by atoms with Crippen LogP contribution in [-0.4, -0.2) is 71.4 Å². The number of nitrogens with zero attached hydrogens (tertiary/aromatic N) is 4. The van der Waals surface area contributed by atoms with E-state index in [-0.39, 0.29) is 42.1 Å². The van der Waals surface area contributed by atoms with E-state index in [1.807, 2.05) is 30.3 Å². The molecule has 3 aromatic rings. The number of Topliss-reactive ketones (excluding diaryl/α,β-unsaturated/α-hetero) is 1. The van der Waals surface area contributed by atoms with Crippen LogP contribution in [0.3, 0.4) is 0 Å². The highest BCUT2D eigenvalue weighted by Crippen LogP contribution is 2.39. The summed E-state index contributed by atoms with van der Waals surface area (Å²) in [6.45, 7) is 11.6. The van der Waals surface area contributed by atoms with Crippen LogP contribution in [0.5, 0.6) is 0 Å². The molecule has 0 saturated carbocycles. The Morgan fingerprint density at radius 2 is 1.83 bits per heavy atom.